The normalized spacial score (nSPS) is 24.5. The van der Waals surface area contributed by atoms with E-state index in [0.717, 1.165) is 4.90 Å². The molecule has 4 nitrogen and oxygen atoms in total. The number of ether oxygens (including phenoxy) is 1. The minimum atomic E-state index is -0.670. The lowest BCUT2D eigenvalue weighted by Gasteiger charge is -2.08. The maximum absolute atomic E-state index is 11.0. The summed E-state index contributed by atoms with van der Waals surface area (Å²) in [4.78, 5) is 22.7. The molecule has 1 rings (SSSR count). The third kappa shape index (κ3) is 1.77. The Morgan fingerprint density at radius 2 is 2.18 bits per heavy atom. The molecule has 1 aliphatic rings. The fourth-order valence-electron chi connectivity index (χ4n) is 1.13. The van der Waals surface area contributed by atoms with Crippen molar-refractivity contribution in [2.75, 3.05) is 27.2 Å². The predicted octanol–water partition coefficient (Wildman–Crippen LogP) is -2.13. The molecule has 11 heavy (non-hydrogen) atoms. The zero-order valence-electron chi connectivity index (χ0n) is 6.72. The van der Waals surface area contributed by atoms with E-state index in [1.165, 1.54) is 0 Å². The lowest BCUT2D eigenvalue weighted by atomic mass is 10.1. The zero-order chi connectivity index (χ0) is 8.43. The fourth-order valence-corrected chi connectivity index (χ4v) is 1.13. The summed E-state index contributed by atoms with van der Waals surface area (Å²) in [6.45, 7) is 0.938. The van der Waals surface area contributed by atoms with E-state index in [-0.39, 0.29) is 18.3 Å². The first kappa shape index (κ1) is 8.20. The smallest absolute Gasteiger partial charge is 0.375 e. The van der Waals surface area contributed by atoms with E-state index in [1.807, 2.05) is 14.1 Å². The van der Waals surface area contributed by atoms with Crippen LogP contribution in [0.15, 0.2) is 0 Å². The van der Waals surface area contributed by atoms with Crippen LogP contribution < -0.4 is 4.90 Å². The highest BCUT2D eigenvalue weighted by Gasteiger charge is 2.36. The van der Waals surface area contributed by atoms with E-state index in [0.29, 0.717) is 6.54 Å². The summed E-state index contributed by atoms with van der Waals surface area (Å²) >= 11 is 0. The Bertz CT molecular complexity index is 188. The van der Waals surface area contributed by atoms with E-state index < -0.39 is 5.97 Å². The maximum Gasteiger partial charge on any atom is 0.375 e. The molecule has 62 valence electrons. The number of esters is 1. The van der Waals surface area contributed by atoms with Gasteiger partial charge in [-0.25, -0.2) is 4.79 Å². The number of carbonyl (C=O) groups excluding carboxylic acids is 2. The van der Waals surface area contributed by atoms with Crippen LogP contribution >= 0.6 is 0 Å². The first-order valence-corrected chi connectivity index (χ1v) is 3.61. The fraction of sp³-hybridized carbons (Fsp3) is 0.714. The number of quaternary nitrogens is 1. The van der Waals surface area contributed by atoms with Crippen molar-refractivity contribution in [3.63, 3.8) is 0 Å². The van der Waals surface area contributed by atoms with Crippen molar-refractivity contribution in [1.82, 2.24) is 0 Å². The minimum Gasteiger partial charge on any atom is -0.459 e. The summed E-state index contributed by atoms with van der Waals surface area (Å²) in [6.07, 6.45) is 0. The second-order valence-electron chi connectivity index (χ2n) is 3.07. The van der Waals surface area contributed by atoms with Crippen molar-refractivity contribution in [3.05, 3.63) is 0 Å². The van der Waals surface area contributed by atoms with Gasteiger partial charge in [0.2, 0.25) is 0 Å². The number of rotatable bonds is 2. The van der Waals surface area contributed by atoms with Crippen molar-refractivity contribution in [1.29, 1.82) is 0 Å². The van der Waals surface area contributed by atoms with Crippen molar-refractivity contribution in [2.24, 2.45) is 5.92 Å². The third-order valence-electron chi connectivity index (χ3n) is 1.64. The average molecular weight is 158 g/mol. The van der Waals surface area contributed by atoms with Gasteiger partial charge in [-0.3, -0.25) is 4.79 Å². The minimum absolute atomic E-state index is 0.215. The molecule has 0 aromatic heterocycles. The second kappa shape index (κ2) is 3.00. The van der Waals surface area contributed by atoms with Crippen LogP contribution in [0.5, 0.6) is 0 Å². The number of nitrogens with one attached hydrogen (secondary N) is 1. The van der Waals surface area contributed by atoms with Crippen LogP contribution in [-0.2, 0) is 14.3 Å². The second-order valence-corrected chi connectivity index (χ2v) is 3.07. The van der Waals surface area contributed by atoms with Gasteiger partial charge in [-0.2, -0.15) is 0 Å². The van der Waals surface area contributed by atoms with E-state index >= 15 is 0 Å². The van der Waals surface area contributed by atoms with Crippen LogP contribution in [0, 0.1) is 5.92 Å². The monoisotopic (exact) mass is 158 g/mol. The van der Waals surface area contributed by atoms with Crippen LogP contribution in [0.1, 0.15) is 0 Å². The predicted molar refractivity (Wildman–Crippen MR) is 37.1 cm³/mol. The molecule has 0 saturated carbocycles. The van der Waals surface area contributed by atoms with Crippen molar-refractivity contribution in [2.45, 2.75) is 0 Å². The SMILES string of the molecule is C[NH+](C)C[C@@H]1COC(=O)C1=O. The van der Waals surface area contributed by atoms with E-state index in [1.54, 1.807) is 0 Å². The molecule has 1 saturated heterocycles. The van der Waals surface area contributed by atoms with Crippen molar-refractivity contribution < 1.29 is 19.2 Å². The molecule has 0 aromatic rings. The Kier molecular flexibility index (Phi) is 2.24. The lowest BCUT2D eigenvalue weighted by Crippen LogP contribution is -3.06. The Morgan fingerprint density at radius 1 is 1.55 bits per heavy atom. The third-order valence-corrected chi connectivity index (χ3v) is 1.64. The molecule has 1 aliphatic heterocycles. The number of cyclic esters (lactones) is 1. The molecule has 0 unspecified atom stereocenters. The van der Waals surface area contributed by atoms with Gasteiger partial charge in [0.15, 0.2) is 0 Å². The number of Topliss-reactive ketones (excluding diaryl/α,β-unsaturated/α-hetero) is 1. The van der Waals surface area contributed by atoms with Crippen LogP contribution in [-0.4, -0.2) is 39.0 Å². The van der Waals surface area contributed by atoms with Gasteiger partial charge in [0.25, 0.3) is 5.78 Å². The highest BCUT2D eigenvalue weighted by Crippen LogP contribution is 2.07. The summed E-state index contributed by atoms with van der Waals surface area (Å²) in [7, 11) is 3.88. The summed E-state index contributed by atoms with van der Waals surface area (Å²) in [5.74, 6) is -1.25. The van der Waals surface area contributed by atoms with Gasteiger partial charge in [0, 0.05) is 0 Å². The summed E-state index contributed by atoms with van der Waals surface area (Å²) in [5, 5.41) is 0. The average Bonchev–Trinajstić information content (AvgIpc) is 2.18. The molecule has 0 radical (unpaired) electrons. The molecule has 1 heterocycles. The molecule has 0 spiro atoms. The molecule has 0 bridgehead atoms. The first-order valence-electron chi connectivity index (χ1n) is 3.61. The standard InChI is InChI=1S/C7H11NO3/c1-8(2)3-5-4-11-7(10)6(5)9/h5H,3-4H2,1-2H3/p+1/t5-/m1/s1. The largest absolute Gasteiger partial charge is 0.459 e. The van der Waals surface area contributed by atoms with Crippen LogP contribution in [0.3, 0.4) is 0 Å². The lowest BCUT2D eigenvalue weighted by molar-refractivity contribution is -0.860. The summed E-state index contributed by atoms with van der Waals surface area (Å²) in [6, 6.07) is 0. The number of ketones is 1. The van der Waals surface area contributed by atoms with E-state index in [2.05, 4.69) is 4.74 Å². The summed E-state index contributed by atoms with van der Waals surface area (Å²) in [5.41, 5.74) is 0. The molecule has 1 N–H and O–H groups in total. The van der Waals surface area contributed by atoms with Gasteiger partial charge in [0.05, 0.1) is 20.6 Å². The Hall–Kier alpha value is -0.900. The zero-order valence-corrected chi connectivity index (χ0v) is 6.72. The highest BCUT2D eigenvalue weighted by molar-refractivity contribution is 6.36. The molecule has 4 heteroatoms. The van der Waals surface area contributed by atoms with Crippen molar-refractivity contribution >= 4 is 11.8 Å². The first-order chi connectivity index (χ1) is 5.11. The van der Waals surface area contributed by atoms with Gasteiger partial charge in [0.1, 0.15) is 12.5 Å². The Morgan fingerprint density at radius 3 is 2.55 bits per heavy atom. The molecule has 0 amide bonds. The van der Waals surface area contributed by atoms with Crippen LogP contribution in [0.25, 0.3) is 0 Å². The molecular formula is C7H12NO3+. The molecular weight excluding hydrogens is 146 g/mol. The van der Waals surface area contributed by atoms with Gasteiger partial charge in [-0.1, -0.05) is 0 Å². The topological polar surface area (TPSA) is 47.8 Å². The highest BCUT2D eigenvalue weighted by atomic mass is 16.5. The molecule has 0 aliphatic carbocycles. The number of hydrogen-bond acceptors (Lipinski definition) is 3. The van der Waals surface area contributed by atoms with E-state index in [9.17, 15) is 9.59 Å². The Balaban J connectivity index is 2.49. The molecule has 0 aromatic carbocycles. The number of hydrogen-bond donors (Lipinski definition) is 1. The summed E-state index contributed by atoms with van der Waals surface area (Å²) < 4.78 is 4.58. The van der Waals surface area contributed by atoms with Crippen molar-refractivity contribution in [3.8, 4) is 0 Å². The van der Waals surface area contributed by atoms with Gasteiger partial charge >= 0.3 is 5.97 Å². The quantitative estimate of drug-likeness (QED) is 0.369. The number of carbonyl (C=O) groups is 2. The van der Waals surface area contributed by atoms with Gasteiger partial charge in [-0.05, 0) is 0 Å². The van der Waals surface area contributed by atoms with Crippen LogP contribution in [0.4, 0.5) is 0 Å². The maximum atomic E-state index is 11.0. The van der Waals surface area contributed by atoms with E-state index in [4.69, 9.17) is 0 Å². The van der Waals surface area contributed by atoms with Gasteiger partial charge in [-0.15, -0.1) is 0 Å². The van der Waals surface area contributed by atoms with Crippen LogP contribution in [0.2, 0.25) is 0 Å². The van der Waals surface area contributed by atoms with Gasteiger partial charge < -0.3 is 9.64 Å². The molecule has 1 atom stereocenters. The molecule has 1 fully saturated rings. The Labute approximate surface area is 65.1 Å².